The van der Waals surface area contributed by atoms with Crippen LogP contribution in [0.3, 0.4) is 0 Å². The lowest BCUT2D eigenvalue weighted by molar-refractivity contribution is 0.212. The van der Waals surface area contributed by atoms with Crippen LogP contribution in [0.5, 0.6) is 0 Å². The summed E-state index contributed by atoms with van der Waals surface area (Å²) in [5.41, 5.74) is 6.97. The zero-order valence-electron chi connectivity index (χ0n) is 11.0. The molecule has 0 fully saturated rings. The van der Waals surface area contributed by atoms with Crippen molar-refractivity contribution in [2.45, 2.75) is 19.6 Å². The van der Waals surface area contributed by atoms with Gasteiger partial charge in [0.1, 0.15) is 5.78 Å². The van der Waals surface area contributed by atoms with Gasteiger partial charge in [-0.2, -0.15) is 0 Å². The molecule has 0 aliphatic heterocycles. The number of nitrogens with two attached hydrogens (primary N) is 1. The Labute approximate surface area is 117 Å². The Hall–Kier alpha value is -0.710. The maximum Gasteiger partial charge on any atom is 0.351 e. The predicted octanol–water partition coefficient (Wildman–Crippen LogP) is 4.12. The fourth-order valence-corrected chi connectivity index (χ4v) is 4.72. The van der Waals surface area contributed by atoms with Crippen molar-refractivity contribution in [3.05, 3.63) is 35.2 Å². The summed E-state index contributed by atoms with van der Waals surface area (Å²) in [6.07, 6.45) is 0. The van der Waals surface area contributed by atoms with E-state index in [0.29, 0.717) is 13.2 Å². The summed E-state index contributed by atoms with van der Waals surface area (Å²) in [6.45, 7) is 4.19. The van der Waals surface area contributed by atoms with Crippen LogP contribution in [0.15, 0.2) is 29.6 Å². The first-order valence-electron chi connectivity index (χ1n) is 6.23. The Balaban J connectivity index is 2.41. The van der Waals surface area contributed by atoms with Crippen molar-refractivity contribution in [3.8, 4) is 0 Å². The average molecular weight is 299 g/mol. The third-order valence-electron chi connectivity index (χ3n) is 2.79. The second-order valence-electron chi connectivity index (χ2n) is 4.01. The lowest BCUT2D eigenvalue weighted by Crippen LogP contribution is -2.14. The molecule has 0 spiro atoms. The van der Waals surface area contributed by atoms with Gasteiger partial charge < -0.3 is 14.8 Å². The number of hydrogen-bond acceptors (Lipinski definition) is 5. The zero-order valence-corrected chi connectivity index (χ0v) is 12.7. The third kappa shape index (κ3) is 2.91. The summed E-state index contributed by atoms with van der Waals surface area (Å²) in [5.74, 6) is -0.747. The number of hydrogen-bond donors (Lipinski definition) is 1. The van der Waals surface area contributed by atoms with Crippen LogP contribution < -0.4 is 5.73 Å². The summed E-state index contributed by atoms with van der Waals surface area (Å²) < 4.78 is 24.4. The second kappa shape index (κ2) is 6.16. The fourth-order valence-electron chi connectivity index (χ4n) is 1.96. The summed E-state index contributed by atoms with van der Waals surface area (Å²) in [7, 11) is -3.32. The van der Waals surface area contributed by atoms with Crippen LogP contribution >= 0.6 is 18.9 Å². The van der Waals surface area contributed by atoms with Gasteiger partial charge in [0.2, 0.25) is 0 Å². The molecular weight excluding hydrogens is 281 g/mol. The van der Waals surface area contributed by atoms with Crippen LogP contribution in [0.1, 0.15) is 25.2 Å². The van der Waals surface area contributed by atoms with Crippen molar-refractivity contribution in [2.75, 3.05) is 13.2 Å². The molecule has 1 atom stereocenters. The highest BCUT2D eigenvalue weighted by Gasteiger charge is 2.35. The van der Waals surface area contributed by atoms with Crippen LogP contribution in [0.25, 0.3) is 10.1 Å². The van der Waals surface area contributed by atoms with Gasteiger partial charge in [0.25, 0.3) is 0 Å². The first-order valence-corrected chi connectivity index (χ1v) is 8.72. The van der Waals surface area contributed by atoms with Gasteiger partial charge in [-0.05, 0) is 36.2 Å². The monoisotopic (exact) mass is 299 g/mol. The van der Waals surface area contributed by atoms with Gasteiger partial charge in [-0.25, -0.2) is 0 Å². The van der Waals surface area contributed by atoms with Crippen molar-refractivity contribution < 1.29 is 13.6 Å². The lowest BCUT2D eigenvalue weighted by atomic mass is 10.2. The molecular formula is C13H18NO3PS. The molecule has 1 heterocycles. The van der Waals surface area contributed by atoms with Gasteiger partial charge >= 0.3 is 7.60 Å². The van der Waals surface area contributed by atoms with Crippen molar-refractivity contribution in [3.63, 3.8) is 0 Å². The maximum atomic E-state index is 12.7. The molecule has 0 aliphatic rings. The third-order valence-corrected chi connectivity index (χ3v) is 5.97. The molecule has 1 aromatic carbocycles. The molecule has 0 radical (unpaired) electrons. The van der Waals surface area contributed by atoms with E-state index in [-0.39, 0.29) is 0 Å². The fraction of sp³-hybridized carbons (Fsp3) is 0.385. The zero-order chi connectivity index (χ0) is 13.9. The number of thiophene rings is 1. The molecule has 6 heteroatoms. The standard InChI is InChI=1S/C13H18NO3PS/c1-3-16-18(15,17-4-2)13(14)11-9-19-12-8-6-5-7-10(11)12/h5-9,13H,3-4,14H2,1-2H3/t13-/m1/s1. The molecule has 0 aliphatic carbocycles. The summed E-state index contributed by atoms with van der Waals surface area (Å²) in [5, 5.41) is 2.94. The highest BCUT2D eigenvalue weighted by molar-refractivity contribution is 7.54. The van der Waals surface area contributed by atoms with Gasteiger partial charge in [0.15, 0.2) is 0 Å². The number of rotatable bonds is 6. The minimum absolute atomic E-state index is 0.313. The smallest absolute Gasteiger partial charge is 0.314 e. The van der Waals surface area contributed by atoms with Gasteiger partial charge in [0.05, 0.1) is 13.2 Å². The van der Waals surface area contributed by atoms with Crippen LogP contribution in [0.2, 0.25) is 0 Å². The van der Waals surface area contributed by atoms with E-state index in [1.165, 1.54) is 0 Å². The number of benzene rings is 1. The van der Waals surface area contributed by atoms with E-state index in [9.17, 15) is 4.57 Å². The van der Waals surface area contributed by atoms with Crippen molar-refractivity contribution in [2.24, 2.45) is 5.73 Å². The Bertz CT molecular complexity index is 588. The molecule has 2 rings (SSSR count). The van der Waals surface area contributed by atoms with Gasteiger partial charge in [-0.3, -0.25) is 4.57 Å². The van der Waals surface area contributed by atoms with E-state index in [1.807, 2.05) is 29.6 Å². The lowest BCUT2D eigenvalue weighted by Gasteiger charge is -2.23. The molecule has 2 N–H and O–H groups in total. The largest absolute Gasteiger partial charge is 0.351 e. The van der Waals surface area contributed by atoms with E-state index in [0.717, 1.165) is 15.6 Å². The van der Waals surface area contributed by atoms with Crippen LogP contribution in [-0.2, 0) is 13.6 Å². The molecule has 0 amide bonds. The molecule has 1 aromatic heterocycles. The van der Waals surface area contributed by atoms with E-state index in [4.69, 9.17) is 14.8 Å². The van der Waals surface area contributed by atoms with E-state index >= 15 is 0 Å². The Morgan fingerprint density at radius 1 is 1.26 bits per heavy atom. The molecule has 0 saturated heterocycles. The van der Waals surface area contributed by atoms with Gasteiger partial charge in [-0.1, -0.05) is 18.2 Å². The first kappa shape index (κ1) is 14.7. The molecule has 4 nitrogen and oxygen atoms in total. The molecule has 0 saturated carbocycles. The van der Waals surface area contributed by atoms with Crippen molar-refractivity contribution in [1.82, 2.24) is 0 Å². The SMILES string of the molecule is CCOP(=O)(OCC)[C@@H](N)c1csc2ccccc12. The number of fused-ring (bicyclic) bond motifs is 1. The Morgan fingerprint density at radius 2 is 1.89 bits per heavy atom. The minimum atomic E-state index is -3.32. The van der Waals surface area contributed by atoms with Crippen molar-refractivity contribution >= 4 is 29.0 Å². The van der Waals surface area contributed by atoms with E-state index in [1.54, 1.807) is 25.2 Å². The van der Waals surface area contributed by atoms with E-state index in [2.05, 4.69) is 0 Å². The maximum absolute atomic E-state index is 12.7. The minimum Gasteiger partial charge on any atom is -0.314 e. The molecule has 19 heavy (non-hydrogen) atoms. The van der Waals surface area contributed by atoms with Gasteiger partial charge in [-0.15, -0.1) is 11.3 Å². The van der Waals surface area contributed by atoms with E-state index < -0.39 is 13.4 Å². The quantitative estimate of drug-likeness (QED) is 0.815. The molecule has 2 aromatic rings. The van der Waals surface area contributed by atoms with Gasteiger partial charge in [0, 0.05) is 4.70 Å². The topological polar surface area (TPSA) is 61.5 Å². The van der Waals surface area contributed by atoms with Crippen LogP contribution in [0, 0.1) is 0 Å². The summed E-state index contributed by atoms with van der Waals surface area (Å²) in [6, 6.07) is 7.90. The Morgan fingerprint density at radius 3 is 2.53 bits per heavy atom. The first-order chi connectivity index (χ1) is 9.12. The Kier molecular flexibility index (Phi) is 4.76. The molecule has 0 unspecified atom stereocenters. The molecule has 104 valence electrons. The summed E-state index contributed by atoms with van der Waals surface area (Å²) in [4.78, 5) is 0. The van der Waals surface area contributed by atoms with Crippen LogP contribution in [0.4, 0.5) is 0 Å². The highest BCUT2D eigenvalue weighted by atomic mass is 32.1. The van der Waals surface area contributed by atoms with Crippen LogP contribution in [-0.4, -0.2) is 13.2 Å². The average Bonchev–Trinajstić information content (AvgIpc) is 2.82. The second-order valence-corrected chi connectivity index (χ2v) is 7.07. The normalized spacial score (nSPS) is 13.8. The predicted molar refractivity (Wildman–Crippen MR) is 79.6 cm³/mol. The molecule has 0 bridgehead atoms. The van der Waals surface area contributed by atoms with Crippen molar-refractivity contribution in [1.29, 1.82) is 0 Å². The highest BCUT2D eigenvalue weighted by Crippen LogP contribution is 2.59. The summed E-state index contributed by atoms with van der Waals surface area (Å²) >= 11 is 1.58.